The van der Waals surface area contributed by atoms with Gasteiger partial charge in [-0.1, -0.05) is 6.07 Å². The fourth-order valence-electron chi connectivity index (χ4n) is 3.71. The third kappa shape index (κ3) is 3.62. The third-order valence-electron chi connectivity index (χ3n) is 5.29. The van der Waals surface area contributed by atoms with E-state index in [0.717, 1.165) is 23.2 Å². The van der Waals surface area contributed by atoms with Crippen molar-refractivity contribution in [1.82, 2.24) is 9.97 Å². The van der Waals surface area contributed by atoms with E-state index in [9.17, 15) is 18.0 Å². The molecule has 2 aromatic heterocycles. The van der Waals surface area contributed by atoms with Gasteiger partial charge in [0.2, 0.25) is 0 Å². The van der Waals surface area contributed by atoms with Crippen LogP contribution in [0.4, 0.5) is 29.3 Å². The van der Waals surface area contributed by atoms with Gasteiger partial charge in [0.05, 0.1) is 10.9 Å². The molecule has 6 nitrogen and oxygen atoms in total. The van der Waals surface area contributed by atoms with Crippen molar-refractivity contribution in [3.05, 3.63) is 78.6 Å². The highest BCUT2D eigenvalue weighted by atomic mass is 19.4. The number of urea groups is 1. The maximum atomic E-state index is 13.0. The average Bonchev–Trinajstić information content (AvgIpc) is 3.41. The lowest BCUT2D eigenvalue weighted by atomic mass is 10.2. The number of benzene rings is 2. The molecule has 1 fully saturated rings. The Bertz CT molecular complexity index is 1280. The van der Waals surface area contributed by atoms with E-state index in [2.05, 4.69) is 9.97 Å². The lowest BCUT2D eigenvalue weighted by Crippen LogP contribution is -2.31. The van der Waals surface area contributed by atoms with Crippen LogP contribution in [0.15, 0.2) is 73.1 Å². The molecule has 0 aliphatic carbocycles. The molecular weight excluding hydrogens is 421 g/mol. The predicted molar refractivity (Wildman–Crippen MR) is 114 cm³/mol. The standard InChI is InChI=1S/C23H17F3N4O2/c24-23(25,26)15-2-1-3-17(14-15)30-13-12-29(22(30)31)16-4-6-18(7-5-16)32-20-9-11-28-21-19(20)8-10-27-21/h1-11,14H,12-13H2,(H,27,28). The summed E-state index contributed by atoms with van der Waals surface area (Å²) in [4.78, 5) is 23.0. The molecule has 2 amide bonds. The smallest absolute Gasteiger partial charge is 0.416 e. The Morgan fingerprint density at radius 1 is 0.938 bits per heavy atom. The Balaban J connectivity index is 1.33. The van der Waals surface area contributed by atoms with E-state index in [1.54, 1.807) is 42.7 Å². The number of nitrogens with one attached hydrogen (secondary N) is 1. The number of amides is 2. The number of carbonyl (C=O) groups excluding carboxylic acids is 1. The summed E-state index contributed by atoms with van der Waals surface area (Å²) in [6.45, 7) is 0.657. The third-order valence-corrected chi connectivity index (χ3v) is 5.29. The monoisotopic (exact) mass is 438 g/mol. The largest absolute Gasteiger partial charge is 0.457 e. The van der Waals surface area contributed by atoms with Gasteiger partial charge >= 0.3 is 12.2 Å². The molecule has 1 aliphatic heterocycles. The Morgan fingerprint density at radius 2 is 1.69 bits per heavy atom. The molecule has 0 radical (unpaired) electrons. The van der Waals surface area contributed by atoms with Gasteiger partial charge in [-0.25, -0.2) is 9.78 Å². The van der Waals surface area contributed by atoms with E-state index >= 15 is 0 Å². The summed E-state index contributed by atoms with van der Waals surface area (Å²) in [5.41, 5.74) is 0.797. The predicted octanol–water partition coefficient (Wildman–Crippen LogP) is 5.82. The molecule has 9 heteroatoms. The molecule has 1 N–H and O–H groups in total. The Morgan fingerprint density at radius 3 is 2.44 bits per heavy atom. The number of hydrogen-bond acceptors (Lipinski definition) is 3. The van der Waals surface area contributed by atoms with Crippen LogP contribution in [0.1, 0.15) is 5.56 Å². The lowest BCUT2D eigenvalue weighted by Gasteiger charge is -2.20. The highest BCUT2D eigenvalue weighted by Crippen LogP contribution is 2.34. The summed E-state index contributed by atoms with van der Waals surface area (Å²) in [6.07, 6.45) is -1.04. The minimum absolute atomic E-state index is 0.223. The van der Waals surface area contributed by atoms with Crippen molar-refractivity contribution in [1.29, 1.82) is 0 Å². The van der Waals surface area contributed by atoms with Crippen molar-refractivity contribution < 1.29 is 22.7 Å². The van der Waals surface area contributed by atoms with Crippen molar-refractivity contribution in [3.63, 3.8) is 0 Å². The summed E-state index contributed by atoms with van der Waals surface area (Å²) >= 11 is 0. The van der Waals surface area contributed by atoms with Gasteiger partial charge in [0.15, 0.2) is 0 Å². The van der Waals surface area contributed by atoms with Gasteiger partial charge in [-0.2, -0.15) is 13.2 Å². The number of fused-ring (bicyclic) bond motifs is 1. The molecule has 1 aliphatic rings. The Labute approximate surface area is 180 Å². The summed E-state index contributed by atoms with van der Waals surface area (Å²) in [7, 11) is 0. The number of carbonyl (C=O) groups is 1. The zero-order valence-electron chi connectivity index (χ0n) is 16.6. The van der Waals surface area contributed by atoms with E-state index in [0.29, 0.717) is 30.3 Å². The molecule has 3 heterocycles. The SMILES string of the molecule is O=C1N(c2ccc(Oc3ccnc4[nH]ccc34)cc2)CCN1c1cccc(C(F)(F)F)c1. The molecule has 0 saturated carbocycles. The molecule has 2 aromatic carbocycles. The van der Waals surface area contributed by atoms with Crippen LogP contribution < -0.4 is 14.5 Å². The van der Waals surface area contributed by atoms with Crippen LogP contribution >= 0.6 is 0 Å². The maximum absolute atomic E-state index is 13.0. The van der Waals surface area contributed by atoms with Crippen molar-refractivity contribution in [2.45, 2.75) is 6.18 Å². The van der Waals surface area contributed by atoms with E-state index < -0.39 is 11.7 Å². The maximum Gasteiger partial charge on any atom is 0.416 e. The number of alkyl halides is 3. The van der Waals surface area contributed by atoms with Crippen molar-refractivity contribution >= 4 is 28.4 Å². The molecule has 32 heavy (non-hydrogen) atoms. The summed E-state index contributed by atoms with van der Waals surface area (Å²) in [5, 5.41) is 0.850. The van der Waals surface area contributed by atoms with Crippen LogP contribution in [0.5, 0.6) is 11.5 Å². The normalized spacial score (nSPS) is 14.4. The second kappa shape index (κ2) is 7.60. The van der Waals surface area contributed by atoms with Gasteiger partial charge in [-0.05, 0) is 54.6 Å². The number of halogens is 3. The topological polar surface area (TPSA) is 61.5 Å². The van der Waals surface area contributed by atoms with E-state index in [1.807, 2.05) is 6.07 Å². The first kappa shape index (κ1) is 19.9. The van der Waals surface area contributed by atoms with E-state index in [4.69, 9.17) is 4.74 Å². The van der Waals surface area contributed by atoms with Crippen LogP contribution in [-0.4, -0.2) is 29.1 Å². The van der Waals surface area contributed by atoms with Gasteiger partial charge in [0, 0.05) is 36.9 Å². The minimum Gasteiger partial charge on any atom is -0.457 e. The van der Waals surface area contributed by atoms with Crippen LogP contribution in [0.25, 0.3) is 11.0 Å². The number of aromatic nitrogens is 2. The number of ether oxygens (including phenoxy) is 1. The van der Waals surface area contributed by atoms with Crippen LogP contribution in [0.3, 0.4) is 0 Å². The number of anilines is 2. The fourth-order valence-corrected chi connectivity index (χ4v) is 3.71. The Hall–Kier alpha value is -4.01. The van der Waals surface area contributed by atoms with Gasteiger partial charge < -0.3 is 9.72 Å². The highest BCUT2D eigenvalue weighted by molar-refractivity contribution is 6.06. The number of nitrogens with zero attached hydrogens (tertiary/aromatic N) is 3. The molecule has 4 aromatic rings. The van der Waals surface area contributed by atoms with Crippen molar-refractivity contribution in [2.75, 3.05) is 22.9 Å². The molecule has 1 saturated heterocycles. The molecule has 0 spiro atoms. The molecule has 162 valence electrons. The zero-order chi connectivity index (χ0) is 22.3. The average molecular weight is 438 g/mol. The van der Waals surface area contributed by atoms with Crippen molar-refractivity contribution in [2.24, 2.45) is 0 Å². The molecule has 5 rings (SSSR count). The fraction of sp³-hybridized carbons (Fsp3) is 0.130. The molecule has 0 unspecified atom stereocenters. The van der Waals surface area contributed by atoms with Gasteiger partial charge in [-0.15, -0.1) is 0 Å². The first-order chi connectivity index (χ1) is 15.4. The van der Waals surface area contributed by atoms with Crippen LogP contribution in [0, 0.1) is 0 Å². The second-order valence-corrected chi connectivity index (χ2v) is 7.28. The van der Waals surface area contributed by atoms with E-state index in [-0.39, 0.29) is 11.7 Å². The summed E-state index contributed by atoms with van der Waals surface area (Å²) in [5.74, 6) is 1.24. The second-order valence-electron chi connectivity index (χ2n) is 7.28. The number of pyridine rings is 1. The zero-order valence-corrected chi connectivity index (χ0v) is 16.6. The highest BCUT2D eigenvalue weighted by Gasteiger charge is 2.34. The molecular formula is C23H17F3N4O2. The van der Waals surface area contributed by atoms with Gasteiger partial charge in [0.25, 0.3) is 0 Å². The first-order valence-electron chi connectivity index (χ1n) is 9.86. The lowest BCUT2D eigenvalue weighted by molar-refractivity contribution is -0.137. The quantitative estimate of drug-likeness (QED) is 0.437. The van der Waals surface area contributed by atoms with Crippen LogP contribution in [-0.2, 0) is 6.18 Å². The minimum atomic E-state index is -4.46. The van der Waals surface area contributed by atoms with Crippen molar-refractivity contribution in [3.8, 4) is 11.5 Å². The van der Waals surface area contributed by atoms with Gasteiger partial charge in [0.1, 0.15) is 17.1 Å². The first-order valence-corrected chi connectivity index (χ1v) is 9.86. The number of H-pyrrole nitrogens is 1. The summed E-state index contributed by atoms with van der Waals surface area (Å²) < 4.78 is 45.0. The number of rotatable bonds is 4. The molecule has 0 atom stereocenters. The summed E-state index contributed by atoms with van der Waals surface area (Å²) in [6, 6.07) is 15.0. The van der Waals surface area contributed by atoms with E-state index in [1.165, 1.54) is 21.9 Å². The number of hydrogen-bond donors (Lipinski definition) is 1. The molecule has 0 bridgehead atoms. The van der Waals surface area contributed by atoms with Crippen LogP contribution in [0.2, 0.25) is 0 Å². The Kier molecular flexibility index (Phi) is 4.73. The number of aromatic amines is 1. The van der Waals surface area contributed by atoms with Gasteiger partial charge in [-0.3, -0.25) is 9.80 Å².